The van der Waals surface area contributed by atoms with Crippen LogP contribution in [0.1, 0.15) is 94.6 Å². The van der Waals surface area contributed by atoms with Crippen LogP contribution in [0.3, 0.4) is 0 Å². The SMILES string of the molecule is Cc1cccc(C)c1-c1cc2nc(n1)NS(=O)(=O)c1cccc(c1)C(=O)N([C@H]1CC[C@@](O)(CC(C)C)CC1)[C@H](CC(C)(C)C)CO2. The first-order valence-electron chi connectivity index (χ1n) is 16.3. The number of fused-ring (bicyclic) bond motifs is 4. The van der Waals surface area contributed by atoms with E-state index < -0.39 is 15.6 Å². The van der Waals surface area contributed by atoms with Gasteiger partial charge in [-0.25, -0.2) is 18.1 Å². The molecule has 1 aliphatic heterocycles. The van der Waals surface area contributed by atoms with Crippen LogP contribution < -0.4 is 9.46 Å². The van der Waals surface area contributed by atoms with E-state index in [2.05, 4.69) is 49.3 Å². The first kappa shape index (κ1) is 33.9. The van der Waals surface area contributed by atoms with E-state index >= 15 is 0 Å². The van der Waals surface area contributed by atoms with E-state index in [0.29, 0.717) is 50.1 Å². The zero-order valence-corrected chi connectivity index (χ0v) is 28.9. The highest BCUT2D eigenvalue weighted by atomic mass is 32.2. The quantitative estimate of drug-likeness (QED) is 0.308. The van der Waals surface area contributed by atoms with Gasteiger partial charge in [-0.15, -0.1) is 0 Å². The summed E-state index contributed by atoms with van der Waals surface area (Å²) in [6.45, 7) is 14.8. The molecular formula is C36H48N4O5S. The Morgan fingerprint density at radius 1 is 1.04 bits per heavy atom. The molecule has 2 aromatic carbocycles. The van der Waals surface area contributed by atoms with Gasteiger partial charge in [0.2, 0.25) is 11.8 Å². The monoisotopic (exact) mass is 648 g/mol. The molecule has 5 rings (SSSR count). The minimum atomic E-state index is -4.15. The number of hydrogen-bond donors (Lipinski definition) is 2. The number of nitrogens with zero attached hydrogens (tertiary/aromatic N) is 3. The first-order valence-corrected chi connectivity index (χ1v) is 17.8. The van der Waals surface area contributed by atoms with E-state index in [0.717, 1.165) is 16.7 Å². The molecule has 1 saturated carbocycles. The van der Waals surface area contributed by atoms with Gasteiger partial charge in [0.05, 0.1) is 22.2 Å². The van der Waals surface area contributed by atoms with Crippen LogP contribution in [-0.2, 0) is 10.0 Å². The lowest BCUT2D eigenvalue weighted by Gasteiger charge is -2.45. The molecule has 0 spiro atoms. The smallest absolute Gasteiger partial charge is 0.264 e. The number of anilines is 1. The number of rotatable bonds is 5. The van der Waals surface area contributed by atoms with Crippen LogP contribution in [0.2, 0.25) is 0 Å². The Kier molecular flexibility index (Phi) is 9.53. The van der Waals surface area contributed by atoms with E-state index in [4.69, 9.17) is 4.74 Å². The van der Waals surface area contributed by atoms with Crippen molar-refractivity contribution in [3.8, 4) is 17.1 Å². The summed E-state index contributed by atoms with van der Waals surface area (Å²) in [6, 6.07) is 13.3. The average molecular weight is 649 g/mol. The molecule has 46 heavy (non-hydrogen) atoms. The van der Waals surface area contributed by atoms with Crippen LogP contribution in [0.15, 0.2) is 53.4 Å². The highest BCUT2D eigenvalue weighted by molar-refractivity contribution is 7.92. The van der Waals surface area contributed by atoms with Crippen LogP contribution in [0.25, 0.3) is 11.3 Å². The Morgan fingerprint density at radius 3 is 2.33 bits per heavy atom. The number of benzene rings is 2. The molecule has 2 aliphatic rings. The molecule has 10 heteroatoms. The molecule has 4 bridgehead atoms. The maximum absolute atomic E-state index is 14.5. The van der Waals surface area contributed by atoms with Crippen molar-refractivity contribution in [1.82, 2.24) is 14.9 Å². The summed E-state index contributed by atoms with van der Waals surface area (Å²) >= 11 is 0. The molecule has 3 aromatic rings. The molecule has 248 valence electrons. The number of sulfonamides is 1. The molecule has 1 fully saturated rings. The zero-order chi connectivity index (χ0) is 33.4. The van der Waals surface area contributed by atoms with Gasteiger partial charge in [-0.1, -0.05) is 58.9 Å². The van der Waals surface area contributed by atoms with Crippen molar-refractivity contribution in [2.75, 3.05) is 11.3 Å². The summed E-state index contributed by atoms with van der Waals surface area (Å²) in [5, 5.41) is 11.3. The van der Waals surface area contributed by atoms with E-state index in [1.807, 2.05) is 36.9 Å². The second-order valence-electron chi connectivity index (χ2n) is 14.8. The molecule has 0 radical (unpaired) electrons. The van der Waals surface area contributed by atoms with E-state index in [-0.39, 0.29) is 52.3 Å². The number of aryl methyl sites for hydroxylation is 2. The Balaban J connectivity index is 1.63. The molecule has 0 unspecified atom stereocenters. The second-order valence-corrected chi connectivity index (χ2v) is 16.5. The minimum Gasteiger partial charge on any atom is -0.475 e. The van der Waals surface area contributed by atoms with Crippen LogP contribution in [0.5, 0.6) is 5.88 Å². The Hall–Kier alpha value is -3.50. The van der Waals surface area contributed by atoms with Gasteiger partial charge in [0.25, 0.3) is 15.9 Å². The van der Waals surface area contributed by atoms with Crippen molar-refractivity contribution >= 4 is 21.9 Å². The molecule has 1 aromatic heterocycles. The third-order valence-electron chi connectivity index (χ3n) is 9.02. The summed E-state index contributed by atoms with van der Waals surface area (Å²) in [5.74, 6) is 0.229. The average Bonchev–Trinajstić information content (AvgIpc) is 2.95. The van der Waals surface area contributed by atoms with Crippen LogP contribution >= 0.6 is 0 Å². The van der Waals surface area contributed by atoms with Gasteiger partial charge in [-0.2, -0.15) is 4.98 Å². The van der Waals surface area contributed by atoms with Gasteiger partial charge < -0.3 is 14.7 Å². The van der Waals surface area contributed by atoms with Crippen molar-refractivity contribution in [2.24, 2.45) is 11.3 Å². The molecule has 0 saturated heterocycles. The molecule has 2 heterocycles. The maximum atomic E-state index is 14.5. The van der Waals surface area contributed by atoms with E-state index in [1.165, 1.54) is 12.1 Å². The fourth-order valence-corrected chi connectivity index (χ4v) is 8.14. The topological polar surface area (TPSA) is 122 Å². The Morgan fingerprint density at radius 2 is 1.70 bits per heavy atom. The Labute approximate surface area is 273 Å². The molecule has 9 nitrogen and oxygen atoms in total. The number of hydrogen-bond acceptors (Lipinski definition) is 7. The van der Waals surface area contributed by atoms with Gasteiger partial charge in [0, 0.05) is 23.2 Å². The van der Waals surface area contributed by atoms with Crippen LogP contribution in [0, 0.1) is 25.2 Å². The van der Waals surface area contributed by atoms with Gasteiger partial charge >= 0.3 is 0 Å². The lowest BCUT2D eigenvalue weighted by molar-refractivity contribution is -0.0413. The standard InChI is InChI=1S/C36H48N4O5S/c1-23(2)20-36(42)16-14-27(15-17-36)40-28(21-35(5,6)7)22-45-31-19-30(32-24(3)10-8-11-25(32)4)37-34(38-31)39-46(43,44)29-13-9-12-26(18-29)33(40)41/h8-13,18-19,23,27-28,42H,14-17,20-22H2,1-7H3,(H,37,38,39)/t27-,28-,36-/m1/s1. The third kappa shape index (κ3) is 7.72. The van der Waals surface area contributed by atoms with E-state index in [9.17, 15) is 18.3 Å². The van der Waals surface area contributed by atoms with Crippen molar-refractivity contribution in [3.63, 3.8) is 0 Å². The summed E-state index contributed by atoms with van der Waals surface area (Å²) in [4.78, 5) is 25.5. The number of aliphatic hydroxyl groups is 1. The number of nitrogens with one attached hydrogen (secondary N) is 1. The third-order valence-corrected chi connectivity index (χ3v) is 10.3. The molecule has 1 atom stereocenters. The zero-order valence-electron chi connectivity index (χ0n) is 28.1. The van der Waals surface area contributed by atoms with E-state index in [1.54, 1.807) is 18.2 Å². The lowest BCUT2D eigenvalue weighted by Crippen LogP contribution is -2.53. The van der Waals surface area contributed by atoms with Gasteiger partial charge in [0.1, 0.15) is 6.61 Å². The van der Waals surface area contributed by atoms with Crippen LogP contribution in [0.4, 0.5) is 5.95 Å². The highest BCUT2D eigenvalue weighted by Crippen LogP contribution is 2.38. The first-order chi connectivity index (χ1) is 21.5. The van der Waals surface area contributed by atoms with Gasteiger partial charge in [-0.05, 0) is 93.0 Å². The minimum absolute atomic E-state index is 0.0524. The normalized spacial score (nSPS) is 23.5. The maximum Gasteiger partial charge on any atom is 0.264 e. The van der Waals surface area contributed by atoms with Crippen LogP contribution in [-0.4, -0.2) is 58.6 Å². The predicted octanol–water partition coefficient (Wildman–Crippen LogP) is 6.92. The van der Waals surface area contributed by atoms with Gasteiger partial charge in [0.15, 0.2) is 0 Å². The summed E-state index contributed by atoms with van der Waals surface area (Å²) < 4.78 is 36.3. The second kappa shape index (κ2) is 13.0. The van der Waals surface area contributed by atoms with Crippen molar-refractivity contribution in [1.29, 1.82) is 0 Å². The van der Waals surface area contributed by atoms with Crippen molar-refractivity contribution in [3.05, 3.63) is 65.2 Å². The summed E-state index contributed by atoms with van der Waals surface area (Å²) in [5.41, 5.74) is 2.77. The Bertz CT molecular complexity index is 1670. The summed E-state index contributed by atoms with van der Waals surface area (Å²) in [7, 11) is -4.15. The predicted molar refractivity (Wildman–Crippen MR) is 180 cm³/mol. The summed E-state index contributed by atoms with van der Waals surface area (Å²) in [6.07, 6.45) is 3.83. The molecule has 1 aliphatic carbocycles. The van der Waals surface area contributed by atoms with Crippen molar-refractivity contribution < 1.29 is 23.1 Å². The largest absolute Gasteiger partial charge is 0.475 e. The molecule has 1 amide bonds. The van der Waals surface area contributed by atoms with Crippen molar-refractivity contribution in [2.45, 2.75) is 110 Å². The fourth-order valence-electron chi connectivity index (χ4n) is 7.15. The molecular weight excluding hydrogens is 600 g/mol. The fraction of sp³-hybridized carbons (Fsp3) is 0.528. The number of amides is 1. The number of aromatic nitrogens is 2. The number of carbonyl (C=O) groups excluding carboxylic acids is 1. The number of ether oxygens (including phenoxy) is 1. The van der Waals surface area contributed by atoms with Gasteiger partial charge in [-0.3, -0.25) is 4.79 Å². The molecule has 2 N–H and O–H groups in total. The lowest BCUT2D eigenvalue weighted by atomic mass is 9.76. The highest BCUT2D eigenvalue weighted by Gasteiger charge is 2.41. The number of carbonyl (C=O) groups is 1.